The number of imidazole rings is 1. The number of hydrogen-bond acceptors (Lipinski definition) is 3. The van der Waals surface area contributed by atoms with E-state index in [-0.39, 0.29) is 18.0 Å². The summed E-state index contributed by atoms with van der Waals surface area (Å²) in [6.45, 7) is 8.05. The molecule has 0 aliphatic rings. The normalized spacial score (nSPS) is 11.8. The van der Waals surface area contributed by atoms with Crippen LogP contribution in [0.2, 0.25) is 0 Å². The van der Waals surface area contributed by atoms with Gasteiger partial charge in [-0.1, -0.05) is 0 Å². The highest BCUT2D eigenvalue weighted by molar-refractivity contribution is 5.83. The third-order valence-corrected chi connectivity index (χ3v) is 2.78. The molecule has 0 spiro atoms. The van der Waals surface area contributed by atoms with Gasteiger partial charge in [-0.2, -0.15) is 0 Å². The van der Waals surface area contributed by atoms with E-state index >= 15 is 0 Å². The molecule has 0 aliphatic heterocycles. The highest BCUT2D eigenvalue weighted by Gasteiger charge is 2.16. The summed E-state index contributed by atoms with van der Waals surface area (Å²) in [5, 5.41) is 2.95. The van der Waals surface area contributed by atoms with Crippen LogP contribution in [0, 0.1) is 6.92 Å². The molecule has 0 radical (unpaired) electrons. The Kier molecular flexibility index (Phi) is 3.22. The molecule has 2 rings (SSSR count). The summed E-state index contributed by atoms with van der Waals surface area (Å²) in [7, 11) is 0. The SMILES string of the molecule is Cc1nc2cc(N)ccc2n1CC(=O)NC(C)(C)C. The second kappa shape index (κ2) is 4.57. The Morgan fingerprint density at radius 2 is 2.11 bits per heavy atom. The maximum atomic E-state index is 12.0. The van der Waals surface area contributed by atoms with E-state index in [0.29, 0.717) is 5.69 Å². The number of nitrogen functional groups attached to an aromatic ring is 1. The zero-order valence-electron chi connectivity index (χ0n) is 11.8. The zero-order valence-corrected chi connectivity index (χ0v) is 11.8. The molecule has 5 heteroatoms. The summed E-state index contributed by atoms with van der Waals surface area (Å²) in [6.07, 6.45) is 0. The van der Waals surface area contributed by atoms with Crippen molar-refractivity contribution in [3.8, 4) is 0 Å². The Morgan fingerprint density at radius 3 is 2.74 bits per heavy atom. The molecule has 0 bridgehead atoms. The van der Waals surface area contributed by atoms with Crippen LogP contribution in [0.15, 0.2) is 18.2 Å². The first kappa shape index (κ1) is 13.4. The van der Waals surface area contributed by atoms with Crippen LogP contribution in [0.3, 0.4) is 0 Å². The molecule has 5 nitrogen and oxygen atoms in total. The van der Waals surface area contributed by atoms with Gasteiger partial charge in [0.1, 0.15) is 12.4 Å². The Hall–Kier alpha value is -2.04. The van der Waals surface area contributed by atoms with Crippen molar-refractivity contribution in [1.82, 2.24) is 14.9 Å². The fourth-order valence-corrected chi connectivity index (χ4v) is 2.07. The molecule has 19 heavy (non-hydrogen) atoms. The Morgan fingerprint density at radius 1 is 1.42 bits per heavy atom. The third kappa shape index (κ3) is 3.05. The van der Waals surface area contributed by atoms with Gasteiger partial charge in [0, 0.05) is 11.2 Å². The molecule has 0 saturated carbocycles. The average Bonchev–Trinajstić information content (AvgIpc) is 2.51. The van der Waals surface area contributed by atoms with Crippen molar-refractivity contribution in [3.05, 3.63) is 24.0 Å². The zero-order chi connectivity index (χ0) is 14.2. The number of carbonyl (C=O) groups excluding carboxylic acids is 1. The number of carbonyl (C=O) groups is 1. The van der Waals surface area contributed by atoms with Gasteiger partial charge in [-0.25, -0.2) is 4.98 Å². The lowest BCUT2D eigenvalue weighted by atomic mass is 10.1. The van der Waals surface area contributed by atoms with Gasteiger partial charge in [0.2, 0.25) is 5.91 Å². The molecule has 102 valence electrons. The molecule has 1 aromatic carbocycles. The smallest absolute Gasteiger partial charge is 0.240 e. The van der Waals surface area contributed by atoms with Gasteiger partial charge >= 0.3 is 0 Å². The standard InChI is InChI=1S/C14H20N4O/c1-9-16-11-7-10(15)5-6-12(11)18(9)8-13(19)17-14(2,3)4/h5-7H,8,15H2,1-4H3,(H,17,19). The van der Waals surface area contributed by atoms with E-state index in [1.807, 2.05) is 50.5 Å². The second-order valence-electron chi connectivity index (χ2n) is 5.79. The van der Waals surface area contributed by atoms with Gasteiger partial charge in [0.25, 0.3) is 0 Å². The van der Waals surface area contributed by atoms with Crippen molar-refractivity contribution in [2.45, 2.75) is 39.8 Å². The van der Waals surface area contributed by atoms with Crippen LogP contribution >= 0.6 is 0 Å². The molecule has 1 heterocycles. The van der Waals surface area contributed by atoms with Gasteiger partial charge in [-0.05, 0) is 45.9 Å². The molecular weight excluding hydrogens is 240 g/mol. The lowest BCUT2D eigenvalue weighted by molar-refractivity contribution is -0.123. The summed E-state index contributed by atoms with van der Waals surface area (Å²) >= 11 is 0. The summed E-state index contributed by atoms with van der Waals surface area (Å²) in [6, 6.07) is 5.54. The number of nitrogens with zero attached hydrogens (tertiary/aromatic N) is 2. The Bertz CT molecular complexity index is 622. The summed E-state index contributed by atoms with van der Waals surface area (Å²) in [5.74, 6) is 0.788. The second-order valence-corrected chi connectivity index (χ2v) is 5.79. The number of nitrogens with one attached hydrogen (secondary N) is 1. The number of aryl methyl sites for hydroxylation is 1. The molecule has 0 saturated heterocycles. The lowest BCUT2D eigenvalue weighted by Gasteiger charge is -2.21. The summed E-state index contributed by atoms with van der Waals surface area (Å²) in [5.41, 5.74) is 7.93. The number of rotatable bonds is 2. The topological polar surface area (TPSA) is 72.9 Å². The van der Waals surface area contributed by atoms with Gasteiger partial charge in [0.15, 0.2) is 0 Å². The highest BCUT2D eigenvalue weighted by atomic mass is 16.2. The molecule has 0 aliphatic carbocycles. The van der Waals surface area contributed by atoms with Crippen molar-refractivity contribution in [2.24, 2.45) is 0 Å². The van der Waals surface area contributed by atoms with Crippen LogP contribution in [0.1, 0.15) is 26.6 Å². The van der Waals surface area contributed by atoms with Crippen molar-refractivity contribution >= 4 is 22.6 Å². The third-order valence-electron chi connectivity index (χ3n) is 2.78. The molecule has 1 amide bonds. The quantitative estimate of drug-likeness (QED) is 0.809. The van der Waals surface area contributed by atoms with Crippen LogP contribution < -0.4 is 11.1 Å². The van der Waals surface area contributed by atoms with E-state index in [2.05, 4.69) is 10.3 Å². The molecule has 2 aromatic rings. The van der Waals surface area contributed by atoms with Crippen LogP contribution in [-0.4, -0.2) is 21.0 Å². The first-order chi connectivity index (χ1) is 8.76. The number of anilines is 1. The minimum atomic E-state index is -0.230. The Balaban J connectivity index is 2.30. The molecular formula is C14H20N4O. The summed E-state index contributed by atoms with van der Waals surface area (Å²) < 4.78 is 1.90. The summed E-state index contributed by atoms with van der Waals surface area (Å²) in [4.78, 5) is 16.4. The van der Waals surface area contributed by atoms with E-state index in [1.54, 1.807) is 0 Å². The van der Waals surface area contributed by atoms with E-state index in [1.165, 1.54) is 0 Å². The Labute approximate surface area is 112 Å². The average molecular weight is 260 g/mol. The van der Waals surface area contributed by atoms with E-state index < -0.39 is 0 Å². The number of benzene rings is 1. The molecule has 0 fully saturated rings. The number of hydrogen-bond donors (Lipinski definition) is 2. The van der Waals surface area contributed by atoms with Gasteiger partial charge in [0.05, 0.1) is 11.0 Å². The van der Waals surface area contributed by atoms with Crippen molar-refractivity contribution < 1.29 is 4.79 Å². The lowest BCUT2D eigenvalue weighted by Crippen LogP contribution is -2.42. The predicted molar refractivity (Wildman–Crippen MR) is 76.8 cm³/mol. The number of nitrogens with two attached hydrogens (primary N) is 1. The minimum absolute atomic E-state index is 0.0216. The monoisotopic (exact) mass is 260 g/mol. The van der Waals surface area contributed by atoms with Crippen molar-refractivity contribution in [1.29, 1.82) is 0 Å². The fourth-order valence-electron chi connectivity index (χ4n) is 2.07. The molecule has 3 N–H and O–H groups in total. The number of amides is 1. The maximum absolute atomic E-state index is 12.0. The molecule has 1 aromatic heterocycles. The van der Waals surface area contributed by atoms with Crippen LogP contribution in [0.5, 0.6) is 0 Å². The van der Waals surface area contributed by atoms with E-state index in [0.717, 1.165) is 16.9 Å². The fraction of sp³-hybridized carbons (Fsp3) is 0.429. The largest absolute Gasteiger partial charge is 0.399 e. The van der Waals surface area contributed by atoms with Crippen molar-refractivity contribution in [2.75, 3.05) is 5.73 Å². The van der Waals surface area contributed by atoms with Gasteiger partial charge in [-0.15, -0.1) is 0 Å². The highest BCUT2D eigenvalue weighted by Crippen LogP contribution is 2.18. The predicted octanol–water partition coefficient (Wildman–Crippen LogP) is 1.84. The molecule has 0 unspecified atom stereocenters. The van der Waals surface area contributed by atoms with Gasteiger partial charge in [-0.3, -0.25) is 4.79 Å². The number of fused-ring (bicyclic) bond motifs is 1. The molecule has 0 atom stereocenters. The minimum Gasteiger partial charge on any atom is -0.399 e. The van der Waals surface area contributed by atoms with Crippen molar-refractivity contribution in [3.63, 3.8) is 0 Å². The van der Waals surface area contributed by atoms with Crippen LogP contribution in [-0.2, 0) is 11.3 Å². The van der Waals surface area contributed by atoms with Crippen LogP contribution in [0.25, 0.3) is 11.0 Å². The van der Waals surface area contributed by atoms with Gasteiger partial charge < -0.3 is 15.6 Å². The van der Waals surface area contributed by atoms with E-state index in [9.17, 15) is 4.79 Å². The van der Waals surface area contributed by atoms with Crippen LogP contribution in [0.4, 0.5) is 5.69 Å². The first-order valence-corrected chi connectivity index (χ1v) is 6.30. The first-order valence-electron chi connectivity index (χ1n) is 6.30. The number of aromatic nitrogens is 2. The van der Waals surface area contributed by atoms with E-state index in [4.69, 9.17) is 5.73 Å². The maximum Gasteiger partial charge on any atom is 0.240 e.